The first-order chi connectivity index (χ1) is 12.5. The molecule has 5 heteroatoms. The van der Waals surface area contributed by atoms with E-state index in [-0.39, 0.29) is 12.3 Å². The molecule has 0 spiro atoms. The number of pyridine rings is 1. The number of rotatable bonds is 4. The third-order valence-electron chi connectivity index (χ3n) is 4.21. The van der Waals surface area contributed by atoms with Gasteiger partial charge in [0.15, 0.2) is 0 Å². The molecule has 26 heavy (non-hydrogen) atoms. The molecule has 0 saturated carbocycles. The minimum atomic E-state index is -0.849. The number of aromatic nitrogens is 1. The molecule has 4 nitrogen and oxygen atoms in total. The van der Waals surface area contributed by atoms with Gasteiger partial charge in [0.25, 0.3) is 0 Å². The summed E-state index contributed by atoms with van der Waals surface area (Å²) in [6.45, 7) is 3.96. The van der Waals surface area contributed by atoms with Crippen LogP contribution in [0.3, 0.4) is 0 Å². The molecule has 0 fully saturated rings. The topological polar surface area (TPSA) is 65.8 Å². The fourth-order valence-electron chi connectivity index (χ4n) is 2.72. The van der Waals surface area contributed by atoms with E-state index in [2.05, 4.69) is 16.4 Å². The average molecular weight is 364 g/mol. The van der Waals surface area contributed by atoms with Crippen molar-refractivity contribution in [3.05, 3.63) is 70.4 Å². The molecule has 1 atom stereocenters. The number of amides is 1. The Morgan fingerprint density at radius 3 is 2.54 bits per heavy atom. The maximum atomic E-state index is 12.5. The van der Waals surface area contributed by atoms with E-state index in [1.165, 1.54) is 0 Å². The molecule has 3 aromatic rings. The van der Waals surface area contributed by atoms with Gasteiger partial charge in [-0.15, -0.1) is 0 Å². The van der Waals surface area contributed by atoms with Crippen molar-refractivity contribution < 1.29 is 4.79 Å². The second kappa shape index (κ2) is 7.55. The molecule has 3 rings (SSSR count). The first kappa shape index (κ1) is 17.9. The number of hydrogen-bond donors (Lipinski definition) is 1. The van der Waals surface area contributed by atoms with E-state index in [0.717, 1.165) is 22.0 Å². The molecule has 1 aromatic heterocycles. The number of nitrogens with one attached hydrogen (secondary N) is 1. The molecule has 1 amide bonds. The second-order valence-corrected chi connectivity index (χ2v) is 6.73. The molecule has 130 valence electrons. The number of halogens is 1. The highest BCUT2D eigenvalue weighted by atomic mass is 35.5. The maximum Gasteiger partial charge on any atom is 0.242 e. The number of carbonyl (C=O) groups is 1. The van der Waals surface area contributed by atoms with Crippen molar-refractivity contribution in [2.75, 3.05) is 5.32 Å². The Kier molecular flexibility index (Phi) is 5.20. The summed E-state index contributed by atoms with van der Waals surface area (Å²) in [6, 6.07) is 17.3. The Morgan fingerprint density at radius 1 is 1.15 bits per heavy atom. The third kappa shape index (κ3) is 4.01. The fraction of sp³-hybridized carbons (Fsp3) is 0.190. The summed E-state index contributed by atoms with van der Waals surface area (Å²) in [4.78, 5) is 16.9. The first-order valence-electron chi connectivity index (χ1n) is 8.29. The lowest BCUT2D eigenvalue weighted by Crippen LogP contribution is -2.23. The van der Waals surface area contributed by atoms with Gasteiger partial charge in [0.05, 0.1) is 11.6 Å². The number of nitriles is 1. The molecule has 1 heterocycles. The van der Waals surface area contributed by atoms with Crippen molar-refractivity contribution in [1.82, 2.24) is 4.98 Å². The molecule has 0 aliphatic carbocycles. The van der Waals surface area contributed by atoms with E-state index in [0.29, 0.717) is 16.4 Å². The van der Waals surface area contributed by atoms with E-state index >= 15 is 0 Å². The van der Waals surface area contributed by atoms with E-state index in [9.17, 15) is 10.1 Å². The standard InChI is InChI=1S/C21H18ClN3O/c1-13-4-7-18(8-5-13)24-21(26)17(12-23)11-16-10-15-6-3-14(2)9-19(15)25-20(16)22/h3-10,17H,11H2,1-2H3,(H,24,26)/t17-/m0/s1. The van der Waals surface area contributed by atoms with Crippen molar-refractivity contribution >= 4 is 34.1 Å². The Morgan fingerprint density at radius 2 is 1.85 bits per heavy atom. The zero-order valence-electron chi connectivity index (χ0n) is 14.6. The normalized spacial score (nSPS) is 11.8. The fourth-order valence-corrected chi connectivity index (χ4v) is 2.95. The first-order valence-corrected chi connectivity index (χ1v) is 8.67. The van der Waals surface area contributed by atoms with Crippen LogP contribution in [0.25, 0.3) is 10.9 Å². The summed E-state index contributed by atoms with van der Waals surface area (Å²) < 4.78 is 0. The van der Waals surface area contributed by atoms with Crippen molar-refractivity contribution in [2.45, 2.75) is 20.3 Å². The van der Waals surface area contributed by atoms with Crippen LogP contribution < -0.4 is 5.32 Å². The van der Waals surface area contributed by atoms with Crippen molar-refractivity contribution in [3.8, 4) is 6.07 Å². The zero-order chi connectivity index (χ0) is 18.7. The van der Waals surface area contributed by atoms with Gasteiger partial charge >= 0.3 is 0 Å². The predicted octanol–water partition coefficient (Wildman–Crippen LogP) is 4.83. The lowest BCUT2D eigenvalue weighted by molar-refractivity contribution is -0.118. The van der Waals surface area contributed by atoms with Crippen molar-refractivity contribution in [1.29, 1.82) is 5.26 Å². The summed E-state index contributed by atoms with van der Waals surface area (Å²) in [5.74, 6) is -1.20. The van der Waals surface area contributed by atoms with Crippen LogP contribution in [0, 0.1) is 31.1 Å². The van der Waals surface area contributed by atoms with Crippen LogP contribution in [-0.4, -0.2) is 10.9 Å². The highest BCUT2D eigenvalue weighted by molar-refractivity contribution is 6.30. The number of anilines is 1. The van der Waals surface area contributed by atoms with Gasteiger partial charge in [-0.25, -0.2) is 4.98 Å². The van der Waals surface area contributed by atoms with Gasteiger partial charge in [-0.3, -0.25) is 4.79 Å². The predicted molar refractivity (Wildman–Crippen MR) is 104 cm³/mol. The quantitative estimate of drug-likeness (QED) is 0.675. The van der Waals surface area contributed by atoms with Crippen LogP contribution in [0.2, 0.25) is 5.15 Å². The zero-order valence-corrected chi connectivity index (χ0v) is 15.3. The minimum absolute atomic E-state index is 0.212. The number of aryl methyl sites for hydroxylation is 2. The molecule has 0 saturated heterocycles. The summed E-state index contributed by atoms with van der Waals surface area (Å²) in [6.07, 6.45) is 0.212. The SMILES string of the molecule is Cc1ccc(NC(=O)[C@H](C#N)Cc2cc3ccc(C)cc3nc2Cl)cc1. The van der Waals surface area contributed by atoms with Gasteiger partial charge in [0.2, 0.25) is 5.91 Å². The summed E-state index contributed by atoms with van der Waals surface area (Å²) in [5, 5.41) is 13.5. The van der Waals surface area contributed by atoms with Gasteiger partial charge in [-0.05, 0) is 49.2 Å². The molecule has 0 aliphatic rings. The second-order valence-electron chi connectivity index (χ2n) is 6.38. The van der Waals surface area contributed by atoms with Gasteiger partial charge < -0.3 is 5.32 Å². The van der Waals surface area contributed by atoms with Crippen LogP contribution in [0.15, 0.2) is 48.5 Å². The monoisotopic (exact) mass is 363 g/mol. The largest absolute Gasteiger partial charge is 0.325 e. The number of carbonyl (C=O) groups excluding carboxylic acids is 1. The Bertz CT molecular complexity index is 1010. The van der Waals surface area contributed by atoms with E-state index in [1.54, 1.807) is 0 Å². The molecular formula is C21H18ClN3O. The van der Waals surface area contributed by atoms with Gasteiger partial charge in [-0.2, -0.15) is 5.26 Å². The van der Waals surface area contributed by atoms with E-state index in [1.807, 2.05) is 62.4 Å². The highest BCUT2D eigenvalue weighted by Crippen LogP contribution is 2.24. The number of hydrogen-bond acceptors (Lipinski definition) is 3. The van der Waals surface area contributed by atoms with Gasteiger partial charge in [0.1, 0.15) is 11.1 Å². The minimum Gasteiger partial charge on any atom is -0.325 e. The number of fused-ring (bicyclic) bond motifs is 1. The summed E-state index contributed by atoms with van der Waals surface area (Å²) in [7, 11) is 0. The van der Waals surface area contributed by atoms with Crippen LogP contribution in [0.4, 0.5) is 5.69 Å². The maximum absolute atomic E-state index is 12.5. The van der Waals surface area contributed by atoms with Gasteiger partial charge in [-0.1, -0.05) is 41.4 Å². The summed E-state index contributed by atoms with van der Waals surface area (Å²) >= 11 is 6.29. The van der Waals surface area contributed by atoms with E-state index < -0.39 is 5.92 Å². The summed E-state index contributed by atoms with van der Waals surface area (Å²) in [5.41, 5.74) is 4.36. The van der Waals surface area contributed by atoms with Crippen LogP contribution >= 0.6 is 11.6 Å². The Labute approximate surface area is 157 Å². The van der Waals surface area contributed by atoms with Crippen LogP contribution in [-0.2, 0) is 11.2 Å². The molecule has 0 radical (unpaired) electrons. The Hall–Kier alpha value is -2.90. The number of benzene rings is 2. The smallest absolute Gasteiger partial charge is 0.242 e. The van der Waals surface area contributed by atoms with Gasteiger partial charge in [0, 0.05) is 17.5 Å². The molecule has 2 aromatic carbocycles. The number of nitrogens with zero attached hydrogens (tertiary/aromatic N) is 2. The third-order valence-corrected chi connectivity index (χ3v) is 4.54. The van der Waals surface area contributed by atoms with E-state index in [4.69, 9.17) is 11.6 Å². The average Bonchev–Trinajstić information content (AvgIpc) is 2.61. The lowest BCUT2D eigenvalue weighted by atomic mass is 9.99. The Balaban J connectivity index is 1.81. The lowest BCUT2D eigenvalue weighted by Gasteiger charge is -2.12. The molecule has 0 unspecified atom stereocenters. The van der Waals surface area contributed by atoms with Crippen molar-refractivity contribution in [3.63, 3.8) is 0 Å². The molecule has 0 bridgehead atoms. The highest BCUT2D eigenvalue weighted by Gasteiger charge is 2.20. The molecule has 1 N–H and O–H groups in total. The van der Waals surface area contributed by atoms with Crippen LogP contribution in [0.5, 0.6) is 0 Å². The molecular weight excluding hydrogens is 346 g/mol. The van der Waals surface area contributed by atoms with Crippen LogP contribution in [0.1, 0.15) is 16.7 Å². The van der Waals surface area contributed by atoms with Crippen molar-refractivity contribution in [2.24, 2.45) is 5.92 Å². The molecule has 0 aliphatic heterocycles.